The second kappa shape index (κ2) is 9.31. The number of aliphatic hydroxyl groups is 1. The molecule has 182 valence electrons. The zero-order chi connectivity index (χ0) is 24.8. The van der Waals surface area contributed by atoms with Crippen LogP contribution in [0.3, 0.4) is 0 Å². The third-order valence-corrected chi connectivity index (χ3v) is 5.91. The van der Waals surface area contributed by atoms with E-state index < -0.39 is 43.5 Å². The van der Waals surface area contributed by atoms with Crippen LogP contribution in [0.2, 0.25) is 0 Å². The first-order valence-corrected chi connectivity index (χ1v) is 10.8. The van der Waals surface area contributed by atoms with E-state index in [0.717, 1.165) is 19.7 Å². The Hall–Kier alpha value is -1.44. The fraction of sp³-hybridized carbons (Fsp3) is 0.400. The minimum atomic E-state index is -6.35. The zero-order valence-corrected chi connectivity index (χ0v) is 19.5. The summed E-state index contributed by atoms with van der Waals surface area (Å²) in [4.78, 5) is 0. The van der Waals surface area contributed by atoms with Crippen molar-refractivity contribution in [1.82, 2.24) is 4.57 Å². The number of halogens is 10. The zero-order valence-electron chi connectivity index (χ0n) is 16.3. The summed E-state index contributed by atoms with van der Waals surface area (Å²) in [6, 6.07) is 10.6. The molecule has 3 nitrogen and oxygen atoms in total. The molecule has 3 aromatic rings. The molecule has 0 aliphatic carbocycles. The molecule has 0 radical (unpaired) electrons. The predicted octanol–water partition coefficient (Wildman–Crippen LogP) is 6.87. The molecule has 1 atom stereocenters. The largest absolute Gasteiger partial charge is 0.389 e. The number of ether oxygens (including phenoxy) is 1. The third-order valence-electron chi connectivity index (χ3n) is 4.93. The van der Waals surface area contributed by atoms with Crippen molar-refractivity contribution < 1.29 is 45.0 Å². The quantitative estimate of drug-likeness (QED) is 0.268. The van der Waals surface area contributed by atoms with Crippen LogP contribution in [0.4, 0.5) is 35.1 Å². The molecule has 1 aromatic heterocycles. The average Bonchev–Trinajstić information content (AvgIpc) is 2.99. The summed E-state index contributed by atoms with van der Waals surface area (Å²) >= 11 is 6.73. The lowest BCUT2D eigenvalue weighted by molar-refractivity contribution is -0.346. The van der Waals surface area contributed by atoms with E-state index in [9.17, 15) is 40.2 Å². The van der Waals surface area contributed by atoms with E-state index in [1.807, 2.05) is 12.1 Å². The Kier molecular flexibility index (Phi) is 7.38. The predicted molar refractivity (Wildman–Crippen MR) is 113 cm³/mol. The highest BCUT2D eigenvalue weighted by atomic mass is 79.9. The standard InChI is InChI=1S/C20H15Br2F8NO2/c21-10-1-3-15-13(5-10)14-6-11(22)2-4-16(14)31(15)7-12(32)8-33-9-18(25,26)20(29,30)19(27,28)17(23)24/h1-6,12,17,32H,7-9H2/t12-/m0/s1. The monoisotopic (exact) mass is 611 g/mol. The first-order chi connectivity index (χ1) is 15.2. The van der Waals surface area contributed by atoms with Crippen LogP contribution >= 0.6 is 31.9 Å². The maximum Gasteiger partial charge on any atom is 0.380 e. The van der Waals surface area contributed by atoms with Crippen LogP contribution in [0.1, 0.15) is 0 Å². The molecule has 3 rings (SSSR count). The van der Waals surface area contributed by atoms with Crippen LogP contribution in [0.25, 0.3) is 21.8 Å². The van der Waals surface area contributed by atoms with Gasteiger partial charge in [0.15, 0.2) is 0 Å². The van der Waals surface area contributed by atoms with Gasteiger partial charge in [-0.2, -0.15) is 26.3 Å². The van der Waals surface area contributed by atoms with Gasteiger partial charge in [-0.3, -0.25) is 0 Å². The average molecular weight is 613 g/mol. The van der Waals surface area contributed by atoms with Crippen molar-refractivity contribution in [1.29, 1.82) is 0 Å². The van der Waals surface area contributed by atoms with E-state index in [1.54, 1.807) is 28.8 Å². The molecule has 0 saturated heterocycles. The van der Waals surface area contributed by atoms with Gasteiger partial charge in [0.25, 0.3) is 0 Å². The van der Waals surface area contributed by atoms with Crippen LogP contribution in [0.5, 0.6) is 0 Å². The maximum absolute atomic E-state index is 13.6. The first-order valence-electron chi connectivity index (χ1n) is 9.23. The Morgan fingerprint density at radius 3 is 1.82 bits per heavy atom. The molecule has 2 aromatic carbocycles. The fourth-order valence-electron chi connectivity index (χ4n) is 3.30. The molecule has 0 amide bonds. The number of nitrogens with zero attached hydrogens (tertiary/aromatic N) is 1. The summed E-state index contributed by atoms with van der Waals surface area (Å²) in [7, 11) is 0. The molecular weight excluding hydrogens is 598 g/mol. The van der Waals surface area contributed by atoms with Gasteiger partial charge in [-0.15, -0.1) is 0 Å². The number of rotatable bonds is 9. The Bertz CT molecular complexity index is 1090. The van der Waals surface area contributed by atoms with Gasteiger partial charge in [0.05, 0.1) is 19.3 Å². The van der Waals surface area contributed by atoms with E-state index in [-0.39, 0.29) is 6.54 Å². The van der Waals surface area contributed by atoms with E-state index in [2.05, 4.69) is 36.6 Å². The summed E-state index contributed by atoms with van der Waals surface area (Å²) < 4.78 is 112. The molecule has 1 N–H and O–H groups in total. The number of alkyl halides is 8. The van der Waals surface area contributed by atoms with Gasteiger partial charge in [-0.25, -0.2) is 8.78 Å². The molecule has 0 aliphatic heterocycles. The number of hydrogen-bond donors (Lipinski definition) is 1. The van der Waals surface area contributed by atoms with E-state index in [0.29, 0.717) is 11.0 Å². The Labute approximate surface area is 198 Å². The van der Waals surface area contributed by atoms with Gasteiger partial charge in [0, 0.05) is 30.8 Å². The topological polar surface area (TPSA) is 34.4 Å². The summed E-state index contributed by atoms with van der Waals surface area (Å²) in [5.41, 5.74) is 1.33. The smallest absolute Gasteiger partial charge is 0.380 e. The highest BCUT2D eigenvalue weighted by molar-refractivity contribution is 9.10. The van der Waals surface area contributed by atoms with Crippen LogP contribution < -0.4 is 0 Å². The Balaban J connectivity index is 1.76. The highest BCUT2D eigenvalue weighted by Crippen LogP contribution is 2.48. The van der Waals surface area contributed by atoms with E-state index >= 15 is 0 Å². The highest BCUT2D eigenvalue weighted by Gasteiger charge is 2.75. The van der Waals surface area contributed by atoms with Gasteiger partial charge < -0.3 is 14.4 Å². The van der Waals surface area contributed by atoms with Crippen molar-refractivity contribution >= 4 is 53.7 Å². The lowest BCUT2D eigenvalue weighted by Gasteiger charge is -2.32. The Morgan fingerprint density at radius 2 is 1.36 bits per heavy atom. The summed E-state index contributed by atoms with van der Waals surface area (Å²) in [6.45, 7) is -3.43. The van der Waals surface area contributed by atoms with Gasteiger partial charge in [0.2, 0.25) is 0 Å². The van der Waals surface area contributed by atoms with Crippen LogP contribution in [0, 0.1) is 0 Å². The summed E-state index contributed by atoms with van der Waals surface area (Å²) in [6.07, 6.45) is -6.50. The molecule has 1 heterocycles. The van der Waals surface area contributed by atoms with Crippen LogP contribution in [-0.4, -0.2) is 53.2 Å². The van der Waals surface area contributed by atoms with Crippen molar-refractivity contribution in [3.05, 3.63) is 45.3 Å². The van der Waals surface area contributed by atoms with Crippen molar-refractivity contribution in [3.63, 3.8) is 0 Å². The molecule has 13 heteroatoms. The van der Waals surface area contributed by atoms with Gasteiger partial charge >= 0.3 is 24.2 Å². The molecular formula is C20H15Br2F8NO2. The van der Waals surface area contributed by atoms with Crippen molar-refractivity contribution in [3.8, 4) is 0 Å². The maximum atomic E-state index is 13.6. The van der Waals surface area contributed by atoms with E-state index in [1.165, 1.54) is 0 Å². The molecule has 0 fully saturated rings. The Morgan fingerprint density at radius 1 is 0.879 bits per heavy atom. The first kappa shape index (κ1) is 26.2. The molecule has 0 spiro atoms. The molecule has 0 unspecified atom stereocenters. The summed E-state index contributed by atoms with van der Waals surface area (Å²) in [5, 5.41) is 11.8. The fourth-order valence-corrected chi connectivity index (χ4v) is 4.03. The molecule has 0 bridgehead atoms. The minimum Gasteiger partial charge on any atom is -0.389 e. The number of fused-ring (bicyclic) bond motifs is 3. The third kappa shape index (κ3) is 4.87. The van der Waals surface area contributed by atoms with Gasteiger partial charge in [-0.1, -0.05) is 31.9 Å². The number of hydrogen-bond acceptors (Lipinski definition) is 2. The second-order valence-electron chi connectivity index (χ2n) is 7.31. The lowest BCUT2D eigenvalue weighted by atomic mass is 10.1. The van der Waals surface area contributed by atoms with Crippen molar-refractivity contribution in [2.45, 2.75) is 36.8 Å². The van der Waals surface area contributed by atoms with Crippen LogP contribution in [0.15, 0.2) is 45.3 Å². The van der Waals surface area contributed by atoms with Crippen molar-refractivity contribution in [2.24, 2.45) is 0 Å². The lowest BCUT2D eigenvalue weighted by Crippen LogP contribution is -2.59. The molecule has 0 aliphatic rings. The minimum absolute atomic E-state index is 0.210. The number of aromatic nitrogens is 1. The van der Waals surface area contributed by atoms with Crippen LogP contribution in [-0.2, 0) is 11.3 Å². The van der Waals surface area contributed by atoms with Gasteiger partial charge in [-0.05, 0) is 36.4 Å². The SMILES string of the molecule is O[C@H](COCC(F)(F)C(F)(F)C(F)(F)C(F)F)Cn1c2ccc(Br)cc2c2cc(Br)ccc21. The molecule has 0 saturated carbocycles. The number of aliphatic hydroxyl groups excluding tert-OH is 1. The summed E-state index contributed by atoms with van der Waals surface area (Å²) in [5.74, 6) is -18.2. The second-order valence-corrected chi connectivity index (χ2v) is 9.14. The number of benzene rings is 2. The normalized spacial score (nSPS) is 14.5. The van der Waals surface area contributed by atoms with Crippen molar-refractivity contribution in [2.75, 3.05) is 13.2 Å². The molecule has 33 heavy (non-hydrogen) atoms. The van der Waals surface area contributed by atoms with Gasteiger partial charge in [0.1, 0.15) is 6.61 Å². The van der Waals surface area contributed by atoms with E-state index in [4.69, 9.17) is 0 Å².